The molecule has 1 rings (SSSR count). The van der Waals surface area contributed by atoms with Gasteiger partial charge < -0.3 is 4.74 Å². The van der Waals surface area contributed by atoms with Crippen molar-refractivity contribution in [2.24, 2.45) is 0 Å². The van der Waals surface area contributed by atoms with Gasteiger partial charge >= 0.3 is 0 Å². The first-order valence-electron chi connectivity index (χ1n) is 6.44. The quantitative estimate of drug-likeness (QED) is 0.722. The Kier molecular flexibility index (Phi) is 7.48. The maximum atomic E-state index is 12.0. The second-order valence-electron chi connectivity index (χ2n) is 4.55. The van der Waals surface area contributed by atoms with Gasteiger partial charge in [-0.15, -0.1) is 11.6 Å². The lowest BCUT2D eigenvalue weighted by molar-refractivity contribution is 0.195. The van der Waals surface area contributed by atoms with Crippen LogP contribution in [0.3, 0.4) is 0 Å². The van der Waals surface area contributed by atoms with Crippen LogP contribution in [0.2, 0.25) is 0 Å². The van der Waals surface area contributed by atoms with Gasteiger partial charge in [0.2, 0.25) is 0 Å². The number of methoxy groups -OCH3 is 1. The predicted molar refractivity (Wildman–Crippen MR) is 73.1 cm³/mol. The summed E-state index contributed by atoms with van der Waals surface area (Å²) in [5.74, 6) is 0. The van der Waals surface area contributed by atoms with Gasteiger partial charge in [-0.3, -0.25) is 0 Å². The van der Waals surface area contributed by atoms with Crippen LogP contribution in [-0.4, -0.2) is 51.5 Å². The maximum absolute atomic E-state index is 12.0. The topological polar surface area (TPSA) is 58.6 Å². The van der Waals surface area contributed by atoms with Crippen LogP contribution in [0.15, 0.2) is 0 Å². The van der Waals surface area contributed by atoms with Crippen molar-refractivity contribution in [3.8, 4) is 0 Å². The number of hydrogen-bond acceptors (Lipinski definition) is 3. The smallest absolute Gasteiger partial charge is 0.279 e. The van der Waals surface area contributed by atoms with Crippen molar-refractivity contribution in [1.82, 2.24) is 9.03 Å². The van der Waals surface area contributed by atoms with E-state index in [0.717, 1.165) is 25.7 Å². The summed E-state index contributed by atoms with van der Waals surface area (Å²) in [6.07, 6.45) is 4.70. The van der Waals surface area contributed by atoms with Crippen LogP contribution in [0.4, 0.5) is 0 Å². The Morgan fingerprint density at radius 1 is 1.28 bits per heavy atom. The number of alkyl halides is 1. The van der Waals surface area contributed by atoms with E-state index in [1.54, 1.807) is 11.4 Å². The van der Waals surface area contributed by atoms with Crippen molar-refractivity contribution >= 4 is 21.8 Å². The molecule has 1 aliphatic rings. The number of halogens is 1. The first-order chi connectivity index (χ1) is 8.56. The molecular formula is C11H23ClN2O3S. The lowest BCUT2D eigenvalue weighted by Crippen LogP contribution is -2.42. The standard InChI is InChI=1S/C11H23ClN2O3S/c1-17-10-11(12)6-7-13-18(15,16)14-8-4-2-3-5-9-14/h11,13H,2-10H2,1H3. The Morgan fingerprint density at radius 3 is 2.44 bits per heavy atom. The van der Waals surface area contributed by atoms with Crippen molar-refractivity contribution < 1.29 is 13.2 Å². The van der Waals surface area contributed by atoms with Gasteiger partial charge in [-0.2, -0.15) is 12.7 Å². The summed E-state index contributed by atoms with van der Waals surface area (Å²) in [4.78, 5) is 0. The van der Waals surface area contributed by atoms with Crippen molar-refractivity contribution in [1.29, 1.82) is 0 Å². The highest BCUT2D eigenvalue weighted by atomic mass is 35.5. The average molecular weight is 299 g/mol. The summed E-state index contributed by atoms with van der Waals surface area (Å²) in [5, 5.41) is -0.151. The van der Waals surface area contributed by atoms with Gasteiger partial charge in [0.05, 0.1) is 12.0 Å². The average Bonchev–Trinajstić information content (AvgIpc) is 2.58. The fourth-order valence-electron chi connectivity index (χ4n) is 1.98. The molecule has 1 saturated heterocycles. The van der Waals surface area contributed by atoms with E-state index in [0.29, 0.717) is 32.7 Å². The van der Waals surface area contributed by atoms with E-state index >= 15 is 0 Å². The molecule has 5 nitrogen and oxygen atoms in total. The van der Waals surface area contributed by atoms with Crippen molar-refractivity contribution in [3.05, 3.63) is 0 Å². The van der Waals surface area contributed by atoms with Crippen LogP contribution in [-0.2, 0) is 14.9 Å². The molecule has 108 valence electrons. The summed E-state index contributed by atoms with van der Waals surface area (Å²) in [7, 11) is -1.75. The van der Waals surface area contributed by atoms with Crippen LogP contribution < -0.4 is 4.72 Å². The van der Waals surface area contributed by atoms with Crippen molar-refractivity contribution in [3.63, 3.8) is 0 Å². The highest BCUT2D eigenvalue weighted by Gasteiger charge is 2.22. The molecular weight excluding hydrogens is 276 g/mol. The molecule has 0 aromatic heterocycles. The van der Waals surface area contributed by atoms with Crippen LogP contribution >= 0.6 is 11.6 Å². The summed E-state index contributed by atoms with van der Waals surface area (Å²) >= 11 is 5.95. The molecule has 0 radical (unpaired) electrons. The van der Waals surface area contributed by atoms with Crippen molar-refractivity contribution in [2.45, 2.75) is 37.5 Å². The van der Waals surface area contributed by atoms with E-state index in [9.17, 15) is 8.42 Å². The van der Waals surface area contributed by atoms with E-state index in [4.69, 9.17) is 16.3 Å². The van der Waals surface area contributed by atoms with E-state index in [-0.39, 0.29) is 5.38 Å². The molecule has 1 N–H and O–H groups in total. The molecule has 0 aromatic carbocycles. The zero-order valence-corrected chi connectivity index (χ0v) is 12.5. The second kappa shape index (κ2) is 8.32. The Hall–Kier alpha value is 0.120. The molecule has 7 heteroatoms. The third kappa shape index (κ3) is 5.84. The molecule has 1 atom stereocenters. The van der Waals surface area contributed by atoms with Gasteiger partial charge in [-0.05, 0) is 19.3 Å². The minimum Gasteiger partial charge on any atom is -0.383 e. The molecule has 0 aliphatic carbocycles. The van der Waals surface area contributed by atoms with E-state index < -0.39 is 10.2 Å². The van der Waals surface area contributed by atoms with E-state index in [2.05, 4.69) is 4.72 Å². The van der Waals surface area contributed by atoms with Crippen LogP contribution in [0.5, 0.6) is 0 Å². The molecule has 18 heavy (non-hydrogen) atoms. The highest BCUT2D eigenvalue weighted by Crippen LogP contribution is 2.12. The zero-order chi connectivity index (χ0) is 13.4. The van der Waals surface area contributed by atoms with Gasteiger partial charge in [0.1, 0.15) is 0 Å². The molecule has 1 unspecified atom stereocenters. The number of ether oxygens (including phenoxy) is 1. The van der Waals surface area contributed by atoms with Gasteiger partial charge in [0.25, 0.3) is 10.2 Å². The summed E-state index contributed by atoms with van der Waals surface area (Å²) in [5.41, 5.74) is 0. The normalized spacial score (nSPS) is 20.6. The Morgan fingerprint density at radius 2 is 1.89 bits per heavy atom. The Labute approximate surface area is 115 Å². The predicted octanol–water partition coefficient (Wildman–Crippen LogP) is 1.34. The molecule has 1 aliphatic heterocycles. The largest absolute Gasteiger partial charge is 0.383 e. The first-order valence-corrected chi connectivity index (χ1v) is 8.31. The number of nitrogens with one attached hydrogen (secondary N) is 1. The van der Waals surface area contributed by atoms with Crippen LogP contribution in [0.25, 0.3) is 0 Å². The number of nitrogens with zero attached hydrogens (tertiary/aromatic N) is 1. The zero-order valence-electron chi connectivity index (χ0n) is 10.9. The fourth-order valence-corrected chi connectivity index (χ4v) is 3.51. The Balaban J connectivity index is 2.34. The summed E-state index contributed by atoms with van der Waals surface area (Å²) in [6.45, 7) is 2.04. The lowest BCUT2D eigenvalue weighted by atomic mass is 10.2. The van der Waals surface area contributed by atoms with Gasteiger partial charge in [-0.1, -0.05) is 12.8 Å². The molecule has 1 fully saturated rings. The highest BCUT2D eigenvalue weighted by molar-refractivity contribution is 7.87. The molecule has 0 spiro atoms. The molecule has 0 aromatic rings. The van der Waals surface area contributed by atoms with E-state index in [1.165, 1.54) is 0 Å². The van der Waals surface area contributed by atoms with Gasteiger partial charge in [0.15, 0.2) is 0 Å². The summed E-state index contributed by atoms with van der Waals surface area (Å²) < 4.78 is 33.1. The van der Waals surface area contributed by atoms with Crippen LogP contribution in [0.1, 0.15) is 32.1 Å². The maximum Gasteiger partial charge on any atom is 0.279 e. The second-order valence-corrected chi connectivity index (χ2v) is 6.93. The lowest BCUT2D eigenvalue weighted by Gasteiger charge is -2.20. The first kappa shape index (κ1) is 16.2. The third-order valence-electron chi connectivity index (χ3n) is 2.99. The molecule has 0 bridgehead atoms. The van der Waals surface area contributed by atoms with Crippen LogP contribution in [0, 0.1) is 0 Å². The van der Waals surface area contributed by atoms with E-state index in [1.807, 2.05) is 0 Å². The van der Waals surface area contributed by atoms with Crippen molar-refractivity contribution in [2.75, 3.05) is 33.4 Å². The molecule has 0 amide bonds. The fraction of sp³-hybridized carbons (Fsp3) is 1.00. The SMILES string of the molecule is COCC(Cl)CCNS(=O)(=O)N1CCCCCC1. The minimum atomic E-state index is -3.33. The number of hydrogen-bond donors (Lipinski definition) is 1. The monoisotopic (exact) mass is 298 g/mol. The summed E-state index contributed by atoms with van der Waals surface area (Å²) in [6, 6.07) is 0. The van der Waals surface area contributed by atoms with Gasteiger partial charge in [-0.25, -0.2) is 4.72 Å². The minimum absolute atomic E-state index is 0.151. The number of rotatable bonds is 7. The molecule has 1 heterocycles. The molecule has 0 saturated carbocycles. The third-order valence-corrected chi connectivity index (χ3v) is 4.95. The Bertz CT molecular complexity index is 316. The van der Waals surface area contributed by atoms with Gasteiger partial charge in [0, 0.05) is 26.7 Å².